The van der Waals surface area contributed by atoms with Crippen molar-refractivity contribution >= 4 is 168 Å². The summed E-state index contributed by atoms with van der Waals surface area (Å²) < 4.78 is 21.9. The monoisotopic (exact) mass is 1280 g/mol. The third-order valence-electron chi connectivity index (χ3n) is 19.7. The Morgan fingerprint density at radius 3 is 1.69 bits per heavy atom. The first-order valence-electron chi connectivity index (χ1n) is 32.4. The van der Waals surface area contributed by atoms with Gasteiger partial charge in [0.1, 0.15) is 22.7 Å². The number of ether oxygens (including phenoxy) is 1. The van der Waals surface area contributed by atoms with Crippen LogP contribution in [0.15, 0.2) is 269 Å². The Kier molecular flexibility index (Phi) is 12.4. The summed E-state index contributed by atoms with van der Waals surface area (Å²) in [5, 5.41) is 10.1. The van der Waals surface area contributed by atoms with Gasteiger partial charge in [-0.3, -0.25) is 0 Å². The van der Waals surface area contributed by atoms with E-state index >= 15 is 0 Å². The zero-order chi connectivity index (χ0) is 62.9. The van der Waals surface area contributed by atoms with Gasteiger partial charge in [0.2, 0.25) is 0 Å². The van der Waals surface area contributed by atoms with Gasteiger partial charge in [0.25, 0.3) is 6.71 Å². The fourth-order valence-electron chi connectivity index (χ4n) is 15.1. The third kappa shape index (κ3) is 8.76. The van der Waals surface area contributed by atoms with Crippen LogP contribution in [0, 0.1) is 0 Å². The predicted molar refractivity (Wildman–Crippen MR) is 408 cm³/mol. The molecule has 0 fully saturated rings. The van der Waals surface area contributed by atoms with E-state index in [1.54, 1.807) is 0 Å². The number of benzene rings is 13. The topological polar surface area (TPSA) is 25.6 Å². The molecule has 0 spiro atoms. The van der Waals surface area contributed by atoms with Crippen LogP contribution in [0.4, 0.5) is 17.1 Å². The Morgan fingerprint density at radius 1 is 0.351 bits per heavy atom. The molecule has 0 atom stereocenters. The van der Waals surface area contributed by atoms with E-state index in [-0.39, 0.29) is 17.5 Å². The van der Waals surface area contributed by atoms with Gasteiger partial charge in [-0.25, -0.2) is 0 Å². The summed E-state index contributed by atoms with van der Waals surface area (Å²) in [5.74, 6) is 1.78. The normalized spacial score (nSPS) is 13.0. The van der Waals surface area contributed by atoms with E-state index < -0.39 is 0 Å². The summed E-state index contributed by atoms with van der Waals surface area (Å²) >= 11 is 7.55. The maximum absolute atomic E-state index is 7.52. The van der Waals surface area contributed by atoms with Gasteiger partial charge in [0.05, 0.1) is 0 Å². The number of nitrogens with zero attached hydrogens (tertiary/aromatic N) is 1. The van der Waals surface area contributed by atoms with Gasteiger partial charge < -0.3 is 14.1 Å². The highest BCUT2D eigenvalue weighted by atomic mass is 32.2. The van der Waals surface area contributed by atoms with E-state index in [4.69, 9.17) is 9.15 Å². The van der Waals surface area contributed by atoms with Crippen LogP contribution in [0.3, 0.4) is 0 Å². The minimum atomic E-state index is -0.0806. The number of para-hydroxylation sites is 1. The molecular formula is C86H60BNO2S4. The average molecular weight is 1280 g/mol. The molecule has 13 aromatic carbocycles. The summed E-state index contributed by atoms with van der Waals surface area (Å²) in [4.78, 5) is 4.88. The van der Waals surface area contributed by atoms with Gasteiger partial charge in [-0.2, -0.15) is 0 Å². The number of hydrogen-bond acceptors (Lipinski definition) is 7. The second kappa shape index (κ2) is 20.9. The maximum Gasteiger partial charge on any atom is 0.253 e. The molecule has 0 radical (unpaired) electrons. The maximum atomic E-state index is 7.52. The first-order chi connectivity index (χ1) is 45.8. The molecule has 19 rings (SSSR count). The van der Waals surface area contributed by atoms with Gasteiger partial charge in [-0.1, -0.05) is 223 Å². The number of anilines is 3. The van der Waals surface area contributed by atoms with Crippen LogP contribution >= 0.6 is 45.8 Å². The molecule has 17 aromatic rings. The van der Waals surface area contributed by atoms with Crippen LogP contribution in [0.1, 0.15) is 52.7 Å². The summed E-state index contributed by atoms with van der Waals surface area (Å²) in [5.41, 5.74) is 20.9. The van der Waals surface area contributed by atoms with E-state index in [2.05, 4.69) is 301 Å². The van der Waals surface area contributed by atoms with Crippen LogP contribution in [-0.4, -0.2) is 6.71 Å². The Morgan fingerprint density at radius 2 is 0.947 bits per heavy atom. The fraction of sp³-hybridized carbons (Fsp3) is 0.0930. The lowest BCUT2D eigenvalue weighted by molar-refractivity contribution is 0.486. The molecule has 6 heterocycles. The summed E-state index contributed by atoms with van der Waals surface area (Å²) in [6.07, 6.45) is 0. The zero-order valence-electron chi connectivity index (χ0n) is 52.7. The Bertz CT molecular complexity index is 5940. The first kappa shape index (κ1) is 55.9. The van der Waals surface area contributed by atoms with Gasteiger partial charge in [-0.15, -0.1) is 34.0 Å². The Hall–Kier alpha value is -9.67. The van der Waals surface area contributed by atoms with Gasteiger partial charge >= 0.3 is 0 Å². The van der Waals surface area contributed by atoms with E-state index in [9.17, 15) is 0 Å². The lowest BCUT2D eigenvalue weighted by atomic mass is 9.35. The second-order valence-corrected chi connectivity index (χ2v) is 31.7. The van der Waals surface area contributed by atoms with Crippen molar-refractivity contribution in [3.63, 3.8) is 0 Å². The Balaban J connectivity index is 0.801. The van der Waals surface area contributed by atoms with Crippen molar-refractivity contribution in [2.24, 2.45) is 0 Å². The highest BCUT2D eigenvalue weighted by Crippen LogP contribution is 2.53. The summed E-state index contributed by atoms with van der Waals surface area (Å²) in [6.45, 7) is 13.6. The molecule has 3 nitrogen and oxygen atoms in total. The van der Waals surface area contributed by atoms with E-state index in [1.807, 2.05) is 45.8 Å². The van der Waals surface area contributed by atoms with Crippen molar-refractivity contribution in [1.29, 1.82) is 0 Å². The van der Waals surface area contributed by atoms with Crippen molar-refractivity contribution in [3.05, 3.63) is 266 Å². The quantitative estimate of drug-likeness (QED) is 0.149. The van der Waals surface area contributed by atoms with Gasteiger partial charge in [0, 0.05) is 109 Å². The van der Waals surface area contributed by atoms with Crippen molar-refractivity contribution in [2.75, 3.05) is 4.90 Å². The molecular weight excluding hydrogens is 1220 g/mol. The van der Waals surface area contributed by atoms with Crippen LogP contribution < -0.4 is 26.0 Å². The standard InChI is InChI=1S/C86H60BNO2S4/c1-85(2,3)54-27-31-56(32-28-54)88(57-33-29-55(30-34-57)86(4,5)6)58-35-40-66-75(47-58)92-76-46-53(59-37-38-63-80-73(93-83(63)77(59)50-19-11-8-12-20-50)42-41-72-79(80)61-22-14-16-24-71(61)91-72)44-70-82(76)87(66)65-39-26-51(43-68(65)90-70)52-25-36-62-74(45-52)94-84-64(49-17-9-7-10-18-49)48-69-78(81(62)84)60-21-13-15-23-67(60)89-69/h7-48H,1-6H3. The fourth-order valence-corrected chi connectivity index (χ4v) is 20.0. The molecule has 0 aliphatic carbocycles. The summed E-state index contributed by atoms with van der Waals surface area (Å²) in [7, 11) is 0. The minimum absolute atomic E-state index is 0.0218. The van der Waals surface area contributed by atoms with E-state index in [1.165, 1.54) is 131 Å². The van der Waals surface area contributed by atoms with Crippen LogP contribution in [0.2, 0.25) is 0 Å². The number of hydrogen-bond donors (Lipinski definition) is 0. The highest BCUT2D eigenvalue weighted by Gasteiger charge is 2.40. The Labute approximate surface area is 562 Å². The van der Waals surface area contributed by atoms with Crippen molar-refractivity contribution in [1.82, 2.24) is 0 Å². The molecule has 0 bridgehead atoms. The lowest BCUT2D eigenvalue weighted by Gasteiger charge is -2.35. The van der Waals surface area contributed by atoms with Crippen molar-refractivity contribution in [3.8, 4) is 56.0 Å². The average Bonchev–Trinajstić information content (AvgIpc) is 1.03. The third-order valence-corrected chi connectivity index (χ3v) is 24.4. The number of fused-ring (bicyclic) bond motifs is 18. The summed E-state index contributed by atoms with van der Waals surface area (Å²) in [6, 6.07) is 95.4. The minimum Gasteiger partial charge on any atom is -0.458 e. The number of rotatable bonds is 7. The van der Waals surface area contributed by atoms with E-state index in [0.717, 1.165) is 61.8 Å². The predicted octanol–water partition coefficient (Wildman–Crippen LogP) is 24.5. The molecule has 0 unspecified atom stereocenters. The molecule has 4 aromatic heterocycles. The zero-order valence-corrected chi connectivity index (χ0v) is 56.0. The number of furan rings is 1. The van der Waals surface area contributed by atoms with Crippen LogP contribution in [-0.2, 0) is 10.8 Å². The second-order valence-electron chi connectivity index (χ2n) is 27.4. The van der Waals surface area contributed by atoms with Crippen LogP contribution in [0.25, 0.3) is 127 Å². The number of thiophene rings is 3. The van der Waals surface area contributed by atoms with E-state index in [0.29, 0.717) is 0 Å². The van der Waals surface area contributed by atoms with Crippen LogP contribution in [0.5, 0.6) is 11.5 Å². The first-order valence-corrected chi connectivity index (χ1v) is 35.6. The molecule has 2 aliphatic heterocycles. The van der Waals surface area contributed by atoms with Gasteiger partial charge in [-0.05, 0) is 157 Å². The van der Waals surface area contributed by atoms with Gasteiger partial charge in [0.15, 0.2) is 0 Å². The SMILES string of the molecule is CC(C)(C)c1ccc(N(c2ccc(C(C)(C)C)cc2)c2ccc3c(c2)Sc2cc(-c4ccc5c(sc6ccc7sc8ccccc8c7c65)c4-c4ccccc4)cc4c2B3c2ccc(-c3ccc5c(c3)sc3c(-c6ccccc6)cc6oc7ccccc7c6c35)cc2O4)cc1. The molecule has 94 heavy (non-hydrogen) atoms. The molecule has 0 N–H and O–H groups in total. The molecule has 0 saturated heterocycles. The molecule has 0 saturated carbocycles. The molecule has 2 aliphatic rings. The lowest BCUT2D eigenvalue weighted by Crippen LogP contribution is -2.57. The molecule has 8 heteroatoms. The van der Waals surface area contributed by atoms with Crippen molar-refractivity contribution < 1.29 is 9.15 Å². The largest absolute Gasteiger partial charge is 0.458 e. The smallest absolute Gasteiger partial charge is 0.253 e. The molecule has 0 amide bonds. The highest BCUT2D eigenvalue weighted by molar-refractivity contribution is 8.00. The molecule has 448 valence electrons. The van der Waals surface area contributed by atoms with Crippen molar-refractivity contribution in [2.45, 2.75) is 62.2 Å².